The van der Waals surface area contributed by atoms with Crippen LogP contribution in [0.4, 0.5) is 5.95 Å². The Morgan fingerprint density at radius 1 is 1.17 bits per heavy atom. The number of hydrogen-bond donors (Lipinski definition) is 1. The summed E-state index contributed by atoms with van der Waals surface area (Å²) in [7, 11) is 0. The van der Waals surface area contributed by atoms with Crippen molar-refractivity contribution in [2.45, 2.75) is 33.3 Å². The summed E-state index contributed by atoms with van der Waals surface area (Å²) >= 11 is 0. The number of aryl methyl sites for hydroxylation is 1. The lowest BCUT2D eigenvalue weighted by molar-refractivity contribution is -0.132. The fraction of sp³-hybridized carbons (Fsp3) is 0.550. The Balaban J connectivity index is 1.34. The van der Waals surface area contributed by atoms with Crippen molar-refractivity contribution in [2.75, 3.05) is 44.3 Å². The monoisotopic (exact) mass is 416 g/mol. The number of rotatable bonds is 8. The maximum Gasteiger partial charge on any atom is 0.270 e. The van der Waals surface area contributed by atoms with E-state index in [1.54, 1.807) is 19.3 Å². The molecule has 1 aliphatic heterocycles. The Kier molecular flexibility index (Phi) is 7.34. The molecule has 0 saturated carbocycles. The molecule has 2 aromatic rings. The number of piperazine rings is 1. The summed E-state index contributed by atoms with van der Waals surface area (Å²) < 4.78 is 11.3. The van der Waals surface area contributed by atoms with E-state index in [0.29, 0.717) is 63.1 Å². The van der Waals surface area contributed by atoms with Gasteiger partial charge in [-0.05, 0) is 26.3 Å². The number of nitrogens with zero attached hydrogens (tertiary/aromatic N) is 5. The van der Waals surface area contributed by atoms with Crippen LogP contribution in [-0.2, 0) is 9.53 Å². The summed E-state index contributed by atoms with van der Waals surface area (Å²) in [5.41, 5.74) is 1.22. The highest BCUT2D eigenvalue weighted by atomic mass is 16.5. The van der Waals surface area contributed by atoms with Gasteiger partial charge in [0, 0.05) is 38.6 Å². The first-order valence-electron chi connectivity index (χ1n) is 10.0. The molecule has 0 aliphatic carbocycles. The Hall–Kier alpha value is -3.01. The molecule has 2 aromatic heterocycles. The van der Waals surface area contributed by atoms with E-state index in [0.717, 1.165) is 5.56 Å². The van der Waals surface area contributed by atoms with E-state index in [1.807, 2.05) is 18.7 Å². The normalized spacial score (nSPS) is 15.2. The molecular formula is C20H28N6O4. The molecule has 1 aliphatic rings. The zero-order chi connectivity index (χ0) is 21.5. The van der Waals surface area contributed by atoms with Crippen LogP contribution in [0.5, 0.6) is 5.75 Å². The number of ether oxygens (including phenoxy) is 2. The van der Waals surface area contributed by atoms with Gasteiger partial charge in [-0.2, -0.15) is 5.10 Å². The molecule has 0 spiro atoms. The van der Waals surface area contributed by atoms with Crippen molar-refractivity contribution in [2.24, 2.45) is 0 Å². The first kappa shape index (κ1) is 21.7. The summed E-state index contributed by atoms with van der Waals surface area (Å²) in [6.45, 7) is 8.82. The summed E-state index contributed by atoms with van der Waals surface area (Å²) in [5, 5.41) is 6.09. The second-order valence-corrected chi connectivity index (χ2v) is 7.37. The van der Waals surface area contributed by atoms with Gasteiger partial charge in [0.2, 0.25) is 11.9 Å². The minimum absolute atomic E-state index is 0.0719. The van der Waals surface area contributed by atoms with Crippen LogP contribution in [0.25, 0.3) is 0 Å². The third-order valence-corrected chi connectivity index (χ3v) is 4.88. The van der Waals surface area contributed by atoms with Gasteiger partial charge in [0.1, 0.15) is 11.9 Å². The number of aromatic amines is 1. The Morgan fingerprint density at radius 2 is 1.87 bits per heavy atom. The van der Waals surface area contributed by atoms with Gasteiger partial charge in [-0.25, -0.2) is 15.1 Å². The van der Waals surface area contributed by atoms with Crippen molar-refractivity contribution in [3.63, 3.8) is 0 Å². The molecule has 162 valence electrons. The van der Waals surface area contributed by atoms with E-state index in [2.05, 4.69) is 25.1 Å². The highest BCUT2D eigenvalue weighted by Gasteiger charge is 2.22. The van der Waals surface area contributed by atoms with E-state index in [1.165, 1.54) is 6.20 Å². The van der Waals surface area contributed by atoms with E-state index in [-0.39, 0.29) is 17.6 Å². The predicted octanol–water partition coefficient (Wildman–Crippen LogP) is 0.700. The van der Waals surface area contributed by atoms with Gasteiger partial charge in [-0.15, -0.1) is 0 Å². The lowest BCUT2D eigenvalue weighted by Gasteiger charge is -2.34. The van der Waals surface area contributed by atoms with E-state index in [9.17, 15) is 9.59 Å². The fourth-order valence-corrected chi connectivity index (χ4v) is 3.08. The van der Waals surface area contributed by atoms with Gasteiger partial charge in [0.05, 0.1) is 31.4 Å². The molecule has 0 unspecified atom stereocenters. The minimum Gasteiger partial charge on any atom is -0.486 e. The van der Waals surface area contributed by atoms with Gasteiger partial charge in [-0.1, -0.05) is 0 Å². The SMILES string of the molecule is Cc1cnc(N2CCN(C(=O)CCOC[C@H](C)Oc3cn[nH]c(=O)c3C)CC2)nc1. The largest absolute Gasteiger partial charge is 0.486 e. The molecule has 1 atom stereocenters. The van der Waals surface area contributed by atoms with Crippen LogP contribution in [0.1, 0.15) is 24.5 Å². The molecule has 0 bridgehead atoms. The van der Waals surface area contributed by atoms with Crippen LogP contribution in [0.15, 0.2) is 23.4 Å². The third-order valence-electron chi connectivity index (χ3n) is 4.88. The molecular weight excluding hydrogens is 388 g/mol. The van der Waals surface area contributed by atoms with E-state index < -0.39 is 0 Å². The van der Waals surface area contributed by atoms with E-state index >= 15 is 0 Å². The van der Waals surface area contributed by atoms with Crippen molar-refractivity contribution >= 4 is 11.9 Å². The van der Waals surface area contributed by atoms with Crippen LogP contribution >= 0.6 is 0 Å². The van der Waals surface area contributed by atoms with E-state index in [4.69, 9.17) is 9.47 Å². The number of nitrogens with one attached hydrogen (secondary N) is 1. The Bertz CT molecular complexity index is 893. The Labute approximate surface area is 175 Å². The number of hydrogen-bond acceptors (Lipinski definition) is 8. The standard InChI is InChI=1S/C20H28N6O4/c1-14-10-21-20(22-11-14)26-7-5-25(6-8-26)18(27)4-9-29-13-15(2)30-17-12-23-24-19(28)16(17)3/h10-12,15H,4-9,13H2,1-3H3,(H,24,28)/t15-/m0/s1. The average Bonchev–Trinajstić information content (AvgIpc) is 2.75. The quantitative estimate of drug-likeness (QED) is 0.626. The molecule has 30 heavy (non-hydrogen) atoms. The molecule has 3 rings (SSSR count). The van der Waals surface area contributed by atoms with Crippen molar-refractivity contribution in [1.82, 2.24) is 25.1 Å². The first-order chi connectivity index (χ1) is 14.4. The van der Waals surface area contributed by atoms with Gasteiger partial charge >= 0.3 is 0 Å². The highest BCUT2D eigenvalue weighted by Crippen LogP contribution is 2.13. The number of carbonyl (C=O) groups excluding carboxylic acids is 1. The summed E-state index contributed by atoms with van der Waals surface area (Å²) in [6.07, 6.45) is 5.13. The molecule has 3 heterocycles. The van der Waals surface area contributed by atoms with Gasteiger partial charge in [-0.3, -0.25) is 9.59 Å². The van der Waals surface area contributed by atoms with Gasteiger partial charge < -0.3 is 19.3 Å². The maximum absolute atomic E-state index is 12.4. The smallest absolute Gasteiger partial charge is 0.270 e. The second-order valence-electron chi connectivity index (χ2n) is 7.37. The third kappa shape index (κ3) is 5.76. The van der Waals surface area contributed by atoms with Crippen molar-refractivity contribution in [3.05, 3.63) is 40.1 Å². The molecule has 0 radical (unpaired) electrons. The zero-order valence-corrected chi connectivity index (χ0v) is 17.6. The molecule has 10 heteroatoms. The first-order valence-corrected chi connectivity index (χ1v) is 10.0. The van der Waals surface area contributed by atoms with Crippen LogP contribution in [0.3, 0.4) is 0 Å². The van der Waals surface area contributed by atoms with Crippen LogP contribution in [0, 0.1) is 13.8 Å². The molecule has 1 N–H and O–H groups in total. The fourth-order valence-electron chi connectivity index (χ4n) is 3.08. The number of H-pyrrole nitrogens is 1. The second kappa shape index (κ2) is 10.1. The topological polar surface area (TPSA) is 114 Å². The number of anilines is 1. The van der Waals surface area contributed by atoms with Crippen LogP contribution in [-0.4, -0.2) is 76.5 Å². The molecule has 1 saturated heterocycles. The molecule has 1 fully saturated rings. The molecule has 10 nitrogen and oxygen atoms in total. The summed E-state index contributed by atoms with van der Waals surface area (Å²) in [4.78, 5) is 36.6. The lowest BCUT2D eigenvalue weighted by Crippen LogP contribution is -2.49. The van der Waals surface area contributed by atoms with Crippen molar-refractivity contribution < 1.29 is 14.3 Å². The summed E-state index contributed by atoms with van der Waals surface area (Å²) in [6, 6.07) is 0. The average molecular weight is 416 g/mol. The maximum atomic E-state index is 12.4. The summed E-state index contributed by atoms with van der Waals surface area (Å²) in [5.74, 6) is 1.21. The van der Waals surface area contributed by atoms with Gasteiger partial charge in [0.25, 0.3) is 5.56 Å². The van der Waals surface area contributed by atoms with Crippen LogP contribution < -0.4 is 15.2 Å². The number of carbonyl (C=O) groups is 1. The van der Waals surface area contributed by atoms with Crippen molar-refractivity contribution in [3.8, 4) is 5.75 Å². The lowest BCUT2D eigenvalue weighted by atomic mass is 10.3. The zero-order valence-electron chi connectivity index (χ0n) is 17.6. The van der Waals surface area contributed by atoms with Gasteiger partial charge in [0.15, 0.2) is 0 Å². The van der Waals surface area contributed by atoms with Crippen LogP contribution in [0.2, 0.25) is 0 Å². The molecule has 1 amide bonds. The van der Waals surface area contributed by atoms with Crippen molar-refractivity contribution in [1.29, 1.82) is 0 Å². The minimum atomic E-state index is -0.278. The highest BCUT2D eigenvalue weighted by molar-refractivity contribution is 5.76. The molecule has 0 aromatic carbocycles. The number of amides is 1. The number of aromatic nitrogens is 4. The predicted molar refractivity (Wildman–Crippen MR) is 111 cm³/mol. The Morgan fingerprint density at radius 3 is 2.57 bits per heavy atom.